The Morgan fingerprint density at radius 3 is 2.35 bits per heavy atom. The minimum absolute atomic E-state index is 0.0666. The van der Waals surface area contributed by atoms with Crippen molar-refractivity contribution in [1.29, 1.82) is 0 Å². The number of aldehydes is 1. The van der Waals surface area contributed by atoms with E-state index in [0.717, 1.165) is 18.3 Å². The molecular weight excluding hydrogens is 346 g/mol. The SMILES string of the molecule is CCC[C@@H](CC=O)N(O[Si](C)(C)C(C)(C)C)C(=O)OCc1ccccc1. The van der Waals surface area contributed by atoms with E-state index in [1.807, 2.05) is 37.3 Å². The smallest absolute Gasteiger partial charge is 0.433 e. The Labute approximate surface area is 158 Å². The summed E-state index contributed by atoms with van der Waals surface area (Å²) in [4.78, 5) is 23.9. The van der Waals surface area contributed by atoms with E-state index in [-0.39, 0.29) is 24.1 Å². The number of hydrogen-bond donors (Lipinski definition) is 0. The van der Waals surface area contributed by atoms with E-state index in [1.54, 1.807) is 0 Å². The third-order valence-electron chi connectivity index (χ3n) is 4.84. The zero-order valence-corrected chi connectivity index (χ0v) is 18.0. The molecule has 6 heteroatoms. The largest absolute Gasteiger partial charge is 0.443 e. The molecule has 0 N–H and O–H groups in total. The second-order valence-electron chi connectivity index (χ2n) is 8.06. The number of ether oxygens (including phenoxy) is 1. The average molecular weight is 380 g/mol. The fraction of sp³-hybridized carbons (Fsp3) is 0.600. The van der Waals surface area contributed by atoms with E-state index in [2.05, 4.69) is 33.9 Å². The zero-order chi connectivity index (χ0) is 19.8. The maximum atomic E-state index is 12.8. The molecule has 0 aliphatic rings. The first-order valence-electron chi connectivity index (χ1n) is 9.25. The summed E-state index contributed by atoms with van der Waals surface area (Å²) in [6.07, 6.45) is 2.09. The van der Waals surface area contributed by atoms with Crippen molar-refractivity contribution in [3.8, 4) is 0 Å². The molecular formula is C20H33NO4Si. The number of carbonyl (C=O) groups is 2. The summed E-state index contributed by atoms with van der Waals surface area (Å²) >= 11 is 0. The van der Waals surface area contributed by atoms with Crippen LogP contribution in [0.4, 0.5) is 4.79 Å². The van der Waals surface area contributed by atoms with Gasteiger partial charge in [-0.3, -0.25) is 0 Å². The molecule has 0 unspecified atom stereocenters. The third-order valence-corrected chi connectivity index (χ3v) is 9.11. The number of rotatable bonds is 9. The first-order valence-corrected chi connectivity index (χ1v) is 12.2. The predicted molar refractivity (Wildman–Crippen MR) is 106 cm³/mol. The zero-order valence-electron chi connectivity index (χ0n) is 17.0. The second-order valence-corrected chi connectivity index (χ2v) is 12.8. The monoisotopic (exact) mass is 379 g/mol. The third kappa shape index (κ3) is 6.57. The predicted octanol–water partition coefficient (Wildman–Crippen LogP) is 5.32. The van der Waals surface area contributed by atoms with Crippen molar-refractivity contribution in [2.45, 2.75) is 77.7 Å². The van der Waals surface area contributed by atoms with E-state index in [0.29, 0.717) is 6.42 Å². The van der Waals surface area contributed by atoms with Crippen molar-refractivity contribution in [3.63, 3.8) is 0 Å². The van der Waals surface area contributed by atoms with Crippen LogP contribution in [0.2, 0.25) is 18.1 Å². The van der Waals surface area contributed by atoms with Crippen molar-refractivity contribution < 1.29 is 18.9 Å². The number of carbonyl (C=O) groups excluding carboxylic acids is 2. The summed E-state index contributed by atoms with van der Waals surface area (Å²) < 4.78 is 11.7. The Balaban J connectivity index is 2.97. The summed E-state index contributed by atoms with van der Waals surface area (Å²) in [6.45, 7) is 12.7. The van der Waals surface area contributed by atoms with Gasteiger partial charge in [-0.1, -0.05) is 64.4 Å². The molecule has 0 radical (unpaired) electrons. The lowest BCUT2D eigenvalue weighted by molar-refractivity contribution is -0.117. The molecule has 146 valence electrons. The fourth-order valence-electron chi connectivity index (χ4n) is 2.20. The molecule has 0 saturated heterocycles. The highest BCUT2D eigenvalue weighted by Gasteiger charge is 2.42. The van der Waals surface area contributed by atoms with Gasteiger partial charge in [0, 0.05) is 6.42 Å². The van der Waals surface area contributed by atoms with Gasteiger partial charge in [-0.2, -0.15) is 5.06 Å². The summed E-state index contributed by atoms with van der Waals surface area (Å²) in [5.74, 6) is 0. The summed E-state index contributed by atoms with van der Waals surface area (Å²) in [5, 5.41) is 1.27. The summed E-state index contributed by atoms with van der Waals surface area (Å²) in [6, 6.07) is 9.22. The molecule has 26 heavy (non-hydrogen) atoms. The molecule has 1 atom stereocenters. The fourth-order valence-corrected chi connectivity index (χ4v) is 3.19. The lowest BCUT2D eigenvalue weighted by Gasteiger charge is -2.41. The molecule has 0 fully saturated rings. The maximum Gasteiger partial charge on any atom is 0.433 e. The van der Waals surface area contributed by atoms with Gasteiger partial charge in [0.1, 0.15) is 12.9 Å². The molecule has 0 aliphatic carbocycles. The van der Waals surface area contributed by atoms with Gasteiger partial charge < -0.3 is 14.1 Å². The van der Waals surface area contributed by atoms with Gasteiger partial charge in [-0.05, 0) is 30.1 Å². The number of nitrogens with zero attached hydrogens (tertiary/aromatic N) is 1. The number of hydrogen-bond acceptors (Lipinski definition) is 4. The Morgan fingerprint density at radius 2 is 1.85 bits per heavy atom. The van der Waals surface area contributed by atoms with Crippen LogP contribution >= 0.6 is 0 Å². The van der Waals surface area contributed by atoms with Crippen molar-refractivity contribution in [1.82, 2.24) is 5.06 Å². The van der Waals surface area contributed by atoms with Crippen molar-refractivity contribution in [2.75, 3.05) is 0 Å². The van der Waals surface area contributed by atoms with Crippen LogP contribution in [0.5, 0.6) is 0 Å². The van der Waals surface area contributed by atoms with Crippen LogP contribution in [0.1, 0.15) is 52.5 Å². The first-order chi connectivity index (χ1) is 12.1. The number of benzene rings is 1. The lowest BCUT2D eigenvalue weighted by atomic mass is 10.1. The van der Waals surface area contributed by atoms with Gasteiger partial charge >= 0.3 is 6.09 Å². The molecule has 0 heterocycles. The second kappa shape index (κ2) is 9.88. The van der Waals surface area contributed by atoms with Gasteiger partial charge in [0.15, 0.2) is 0 Å². The molecule has 0 aliphatic heterocycles. The van der Waals surface area contributed by atoms with E-state index < -0.39 is 14.4 Å². The van der Waals surface area contributed by atoms with Crippen LogP contribution in [0.15, 0.2) is 30.3 Å². The Kier molecular flexibility index (Phi) is 8.50. The van der Waals surface area contributed by atoms with E-state index >= 15 is 0 Å². The Morgan fingerprint density at radius 1 is 1.23 bits per heavy atom. The highest BCUT2D eigenvalue weighted by atomic mass is 28.4. The van der Waals surface area contributed by atoms with Crippen LogP contribution in [-0.2, 0) is 20.7 Å². The minimum Gasteiger partial charge on any atom is -0.443 e. The van der Waals surface area contributed by atoms with Crippen molar-refractivity contribution >= 4 is 20.7 Å². The quantitative estimate of drug-likeness (QED) is 0.331. The minimum atomic E-state index is -2.25. The van der Waals surface area contributed by atoms with Gasteiger partial charge in [0.05, 0.1) is 6.04 Å². The van der Waals surface area contributed by atoms with Crippen LogP contribution in [0.25, 0.3) is 0 Å². The maximum absolute atomic E-state index is 12.8. The molecule has 1 aromatic carbocycles. The summed E-state index contributed by atoms with van der Waals surface area (Å²) in [5.41, 5.74) is 0.913. The van der Waals surface area contributed by atoms with Crippen molar-refractivity contribution in [3.05, 3.63) is 35.9 Å². The van der Waals surface area contributed by atoms with Gasteiger partial charge in [0.2, 0.25) is 8.32 Å². The average Bonchev–Trinajstić information content (AvgIpc) is 2.57. The number of amides is 1. The highest BCUT2D eigenvalue weighted by Crippen LogP contribution is 2.38. The Hall–Kier alpha value is -1.66. The van der Waals surface area contributed by atoms with Crippen LogP contribution in [-0.4, -0.2) is 31.8 Å². The van der Waals surface area contributed by atoms with Crippen LogP contribution in [0, 0.1) is 0 Å². The molecule has 1 rings (SSSR count). The molecule has 0 bridgehead atoms. The molecule has 0 spiro atoms. The summed E-state index contributed by atoms with van der Waals surface area (Å²) in [7, 11) is -2.25. The molecule has 0 saturated carbocycles. The topological polar surface area (TPSA) is 55.8 Å². The molecule has 1 amide bonds. The van der Waals surface area contributed by atoms with Crippen LogP contribution in [0.3, 0.4) is 0 Å². The van der Waals surface area contributed by atoms with Gasteiger partial charge in [-0.15, -0.1) is 0 Å². The van der Waals surface area contributed by atoms with Crippen LogP contribution < -0.4 is 0 Å². The normalized spacial score (nSPS) is 13.2. The first kappa shape index (κ1) is 22.4. The molecule has 0 aromatic heterocycles. The van der Waals surface area contributed by atoms with E-state index in [1.165, 1.54) is 5.06 Å². The van der Waals surface area contributed by atoms with Gasteiger partial charge in [-0.25, -0.2) is 4.79 Å². The standard InChI is InChI=1S/C20H33NO4Si/c1-7-11-18(14-15-22)21(25-26(5,6)20(2,3)4)19(23)24-16-17-12-9-8-10-13-17/h8-10,12-13,15,18H,7,11,14,16H2,1-6H3/t18-/m0/s1. The number of hydroxylamine groups is 2. The molecule has 5 nitrogen and oxygen atoms in total. The molecule has 1 aromatic rings. The van der Waals surface area contributed by atoms with Gasteiger partial charge in [0.25, 0.3) is 0 Å². The lowest BCUT2D eigenvalue weighted by Crippen LogP contribution is -2.52. The Bertz CT molecular complexity index is 569. The van der Waals surface area contributed by atoms with E-state index in [9.17, 15) is 9.59 Å². The highest BCUT2D eigenvalue weighted by molar-refractivity contribution is 6.74. The van der Waals surface area contributed by atoms with E-state index in [4.69, 9.17) is 9.26 Å². The van der Waals surface area contributed by atoms with Crippen molar-refractivity contribution in [2.24, 2.45) is 0 Å².